The SMILES string of the molecule is CNc1nc(N2CC(c3ccc(Br)cc3)C2C#N)nc2ccccc12. The van der Waals surface area contributed by atoms with Gasteiger partial charge >= 0.3 is 0 Å². The summed E-state index contributed by atoms with van der Waals surface area (Å²) in [7, 11) is 1.85. The minimum Gasteiger partial charge on any atom is -0.372 e. The molecule has 1 aliphatic heterocycles. The molecule has 0 spiro atoms. The molecular formula is C19H16BrN5. The smallest absolute Gasteiger partial charge is 0.229 e. The minimum absolute atomic E-state index is 0.172. The van der Waals surface area contributed by atoms with Gasteiger partial charge in [0, 0.05) is 29.4 Å². The van der Waals surface area contributed by atoms with Crippen LogP contribution in [0, 0.1) is 11.3 Å². The second-order valence-electron chi connectivity index (χ2n) is 6.02. The second-order valence-corrected chi connectivity index (χ2v) is 6.94. The first-order valence-electron chi connectivity index (χ1n) is 8.07. The van der Waals surface area contributed by atoms with E-state index in [0.717, 1.165) is 27.7 Å². The summed E-state index contributed by atoms with van der Waals surface area (Å²) in [5.74, 6) is 1.55. The fourth-order valence-corrected chi connectivity index (χ4v) is 3.52. The summed E-state index contributed by atoms with van der Waals surface area (Å²) < 4.78 is 1.04. The van der Waals surface area contributed by atoms with Gasteiger partial charge in [-0.3, -0.25) is 0 Å². The number of nitrogens with zero attached hydrogens (tertiary/aromatic N) is 4. The molecule has 2 atom stereocenters. The number of nitriles is 1. The van der Waals surface area contributed by atoms with Crippen molar-refractivity contribution in [2.45, 2.75) is 12.0 Å². The topological polar surface area (TPSA) is 64.8 Å². The van der Waals surface area contributed by atoms with Crippen molar-refractivity contribution >= 4 is 38.6 Å². The molecule has 0 saturated carbocycles. The van der Waals surface area contributed by atoms with Gasteiger partial charge in [0.2, 0.25) is 5.95 Å². The Balaban J connectivity index is 1.68. The maximum atomic E-state index is 9.67. The van der Waals surface area contributed by atoms with Crippen molar-refractivity contribution in [3.63, 3.8) is 0 Å². The van der Waals surface area contributed by atoms with Gasteiger partial charge in [-0.15, -0.1) is 0 Å². The molecule has 2 heterocycles. The summed E-state index contributed by atoms with van der Waals surface area (Å²) in [4.78, 5) is 11.3. The predicted octanol–water partition coefficient (Wildman–Crippen LogP) is 3.93. The number of halogens is 1. The molecule has 1 fully saturated rings. The fourth-order valence-electron chi connectivity index (χ4n) is 3.25. The van der Waals surface area contributed by atoms with Gasteiger partial charge < -0.3 is 10.2 Å². The van der Waals surface area contributed by atoms with Crippen LogP contribution in [0.2, 0.25) is 0 Å². The molecule has 1 N–H and O–H groups in total. The zero-order valence-corrected chi connectivity index (χ0v) is 15.2. The summed E-state index contributed by atoms with van der Waals surface area (Å²) in [5.41, 5.74) is 2.04. The van der Waals surface area contributed by atoms with E-state index in [0.29, 0.717) is 5.95 Å². The Hall–Kier alpha value is -2.65. The first kappa shape index (κ1) is 15.9. The Bertz CT molecular complexity index is 964. The van der Waals surface area contributed by atoms with Crippen molar-refractivity contribution in [1.29, 1.82) is 5.26 Å². The normalized spacial score (nSPS) is 19.3. The van der Waals surface area contributed by atoms with Crippen LogP contribution in [0.15, 0.2) is 53.0 Å². The van der Waals surface area contributed by atoms with Gasteiger partial charge in [0.1, 0.15) is 11.9 Å². The highest BCUT2D eigenvalue weighted by atomic mass is 79.9. The van der Waals surface area contributed by atoms with Gasteiger partial charge in [0.15, 0.2) is 0 Å². The number of benzene rings is 2. The van der Waals surface area contributed by atoms with Crippen molar-refractivity contribution in [3.05, 3.63) is 58.6 Å². The molecule has 25 heavy (non-hydrogen) atoms. The molecule has 124 valence electrons. The van der Waals surface area contributed by atoms with E-state index < -0.39 is 0 Å². The maximum Gasteiger partial charge on any atom is 0.229 e. The molecule has 2 aromatic carbocycles. The largest absolute Gasteiger partial charge is 0.372 e. The van der Waals surface area contributed by atoms with Crippen LogP contribution in [0.25, 0.3) is 10.9 Å². The molecule has 1 saturated heterocycles. The van der Waals surface area contributed by atoms with Gasteiger partial charge in [-0.2, -0.15) is 10.2 Å². The number of para-hydroxylation sites is 1. The van der Waals surface area contributed by atoms with Crippen LogP contribution in [0.5, 0.6) is 0 Å². The number of nitrogens with one attached hydrogen (secondary N) is 1. The van der Waals surface area contributed by atoms with Crippen molar-refractivity contribution in [3.8, 4) is 6.07 Å². The lowest BCUT2D eigenvalue weighted by Crippen LogP contribution is -2.54. The molecule has 0 aliphatic carbocycles. The lowest BCUT2D eigenvalue weighted by Gasteiger charge is -2.44. The van der Waals surface area contributed by atoms with Gasteiger partial charge in [-0.25, -0.2) is 4.98 Å². The molecule has 1 aromatic heterocycles. The molecule has 6 heteroatoms. The average molecular weight is 394 g/mol. The molecule has 4 rings (SSSR count). The van der Waals surface area contributed by atoms with Gasteiger partial charge in [-0.1, -0.05) is 40.2 Å². The van der Waals surface area contributed by atoms with E-state index >= 15 is 0 Å². The van der Waals surface area contributed by atoms with E-state index in [2.05, 4.69) is 49.4 Å². The van der Waals surface area contributed by atoms with Crippen LogP contribution in [-0.2, 0) is 0 Å². The predicted molar refractivity (Wildman–Crippen MR) is 103 cm³/mol. The van der Waals surface area contributed by atoms with Crippen LogP contribution in [0.1, 0.15) is 11.5 Å². The third-order valence-electron chi connectivity index (χ3n) is 4.63. The summed E-state index contributed by atoms with van der Waals surface area (Å²) in [5, 5.41) is 13.8. The van der Waals surface area contributed by atoms with E-state index in [4.69, 9.17) is 0 Å². The van der Waals surface area contributed by atoms with E-state index in [1.807, 2.05) is 48.3 Å². The Morgan fingerprint density at radius 3 is 2.64 bits per heavy atom. The fraction of sp³-hybridized carbons (Fsp3) is 0.211. The van der Waals surface area contributed by atoms with Crippen LogP contribution >= 0.6 is 15.9 Å². The third-order valence-corrected chi connectivity index (χ3v) is 5.15. The zero-order chi connectivity index (χ0) is 17.4. The minimum atomic E-state index is -0.257. The molecule has 5 nitrogen and oxygen atoms in total. The second kappa shape index (κ2) is 6.34. The van der Waals surface area contributed by atoms with E-state index in [1.165, 1.54) is 5.56 Å². The lowest BCUT2D eigenvalue weighted by atomic mass is 9.83. The summed E-state index contributed by atoms with van der Waals surface area (Å²) >= 11 is 3.45. The van der Waals surface area contributed by atoms with Crippen molar-refractivity contribution in [2.24, 2.45) is 0 Å². The lowest BCUT2D eigenvalue weighted by molar-refractivity contribution is 0.441. The van der Waals surface area contributed by atoms with E-state index in [-0.39, 0.29) is 12.0 Å². The Morgan fingerprint density at radius 2 is 1.92 bits per heavy atom. The molecule has 1 aliphatic rings. The summed E-state index contributed by atoms with van der Waals surface area (Å²) in [6.45, 7) is 0.737. The zero-order valence-electron chi connectivity index (χ0n) is 13.6. The van der Waals surface area contributed by atoms with Crippen molar-refractivity contribution in [2.75, 3.05) is 23.8 Å². The van der Waals surface area contributed by atoms with Crippen LogP contribution in [0.3, 0.4) is 0 Å². The van der Waals surface area contributed by atoms with Crippen LogP contribution in [-0.4, -0.2) is 29.6 Å². The highest BCUT2D eigenvalue weighted by Gasteiger charge is 2.41. The number of anilines is 2. The monoisotopic (exact) mass is 393 g/mol. The quantitative estimate of drug-likeness (QED) is 0.729. The van der Waals surface area contributed by atoms with E-state index in [9.17, 15) is 5.26 Å². The summed E-state index contributed by atoms with van der Waals surface area (Å²) in [6.07, 6.45) is 0. The molecule has 3 aromatic rings. The summed E-state index contributed by atoms with van der Waals surface area (Å²) in [6, 6.07) is 18.2. The average Bonchev–Trinajstić information content (AvgIpc) is 2.62. The number of aromatic nitrogens is 2. The molecule has 2 unspecified atom stereocenters. The van der Waals surface area contributed by atoms with Crippen LogP contribution < -0.4 is 10.2 Å². The first-order chi connectivity index (χ1) is 12.2. The number of hydrogen-bond acceptors (Lipinski definition) is 5. The molecular weight excluding hydrogens is 378 g/mol. The maximum absolute atomic E-state index is 9.67. The van der Waals surface area contributed by atoms with Crippen molar-refractivity contribution in [1.82, 2.24) is 9.97 Å². The first-order valence-corrected chi connectivity index (χ1v) is 8.87. The van der Waals surface area contributed by atoms with Gasteiger partial charge in [-0.05, 0) is 29.8 Å². The van der Waals surface area contributed by atoms with Crippen molar-refractivity contribution < 1.29 is 0 Å². The van der Waals surface area contributed by atoms with Gasteiger partial charge in [0.25, 0.3) is 0 Å². The molecule has 0 bridgehead atoms. The van der Waals surface area contributed by atoms with E-state index in [1.54, 1.807) is 0 Å². The standard InChI is InChI=1S/C19H16BrN5/c1-22-18-14-4-2-3-5-16(14)23-19(24-18)25-11-15(17(25)10-21)12-6-8-13(20)9-7-12/h2-9,15,17H,11H2,1H3,(H,22,23,24). The molecule has 0 radical (unpaired) electrons. The number of rotatable bonds is 3. The Kier molecular flexibility index (Phi) is 4.02. The Morgan fingerprint density at radius 1 is 1.16 bits per heavy atom. The highest BCUT2D eigenvalue weighted by Crippen LogP contribution is 2.37. The Labute approximate surface area is 154 Å². The highest BCUT2D eigenvalue weighted by molar-refractivity contribution is 9.10. The third kappa shape index (κ3) is 2.71. The number of fused-ring (bicyclic) bond motifs is 1. The number of hydrogen-bond donors (Lipinski definition) is 1. The van der Waals surface area contributed by atoms with Gasteiger partial charge in [0.05, 0.1) is 11.6 Å². The molecule has 0 amide bonds. The van der Waals surface area contributed by atoms with Crippen LogP contribution in [0.4, 0.5) is 11.8 Å².